The normalized spacial score (nSPS) is 10.2. The minimum absolute atomic E-state index is 0.0465. The third-order valence-corrected chi connectivity index (χ3v) is 6.64. The molecule has 0 spiro atoms. The Morgan fingerprint density at radius 3 is 1.72 bits per heavy atom. The molecule has 0 N–H and O–H groups in total. The molecule has 2 rings (SSSR count). The Morgan fingerprint density at radius 2 is 1.09 bits per heavy atom. The van der Waals surface area contributed by atoms with Crippen LogP contribution in [0.25, 0.3) is 0 Å². The van der Waals surface area contributed by atoms with Gasteiger partial charge in [-0.1, -0.05) is 50.1 Å². The van der Waals surface area contributed by atoms with E-state index in [4.69, 9.17) is 33.2 Å². The van der Waals surface area contributed by atoms with Gasteiger partial charge in [0.15, 0.2) is 25.6 Å². The Labute approximate surface area is 308 Å². The van der Waals surface area contributed by atoms with Crippen molar-refractivity contribution >= 4 is 47.6 Å². The van der Waals surface area contributed by atoms with Gasteiger partial charge in [-0.25, -0.2) is 24.0 Å². The predicted molar refractivity (Wildman–Crippen MR) is 178 cm³/mol. The van der Waals surface area contributed by atoms with Gasteiger partial charge in [0.1, 0.15) is 24.3 Å². The van der Waals surface area contributed by atoms with Crippen LogP contribution in [-0.2, 0) is 68.4 Å². The number of ketones is 1. The van der Waals surface area contributed by atoms with Crippen LogP contribution in [0, 0.1) is 10.1 Å². The molecule has 19 heteroatoms. The molecule has 2 aromatic carbocycles. The molecule has 54 heavy (non-hydrogen) atoms. The van der Waals surface area contributed by atoms with E-state index in [9.17, 15) is 48.5 Å². The fraction of sp³-hybridized carbons (Fsp3) is 0.429. The number of rotatable bonds is 25. The molecule has 0 unspecified atom stereocenters. The van der Waals surface area contributed by atoms with E-state index in [1.165, 1.54) is 48.5 Å². The number of Topliss-reactive ketones (excluding diaryl/α,β-unsaturated/α-hetero) is 1. The van der Waals surface area contributed by atoms with Crippen LogP contribution >= 0.6 is 0 Å². The Hall–Kier alpha value is -6.40. The molecule has 0 saturated carbocycles. The molecule has 0 aromatic heterocycles. The minimum atomic E-state index is -1.19. The van der Waals surface area contributed by atoms with E-state index < -0.39 is 85.5 Å². The zero-order valence-electron chi connectivity index (χ0n) is 29.3. The summed E-state index contributed by atoms with van der Waals surface area (Å²) >= 11 is 0. The van der Waals surface area contributed by atoms with Crippen LogP contribution < -0.4 is 4.74 Å². The molecule has 0 atom stereocenters. The predicted octanol–water partition coefficient (Wildman–Crippen LogP) is 2.46. The summed E-state index contributed by atoms with van der Waals surface area (Å²) in [5, 5.41) is 9.15. The van der Waals surface area contributed by atoms with Crippen molar-refractivity contribution in [3.05, 3.63) is 75.3 Å². The van der Waals surface area contributed by atoms with Crippen LogP contribution in [0.3, 0.4) is 0 Å². The summed E-state index contributed by atoms with van der Waals surface area (Å²) in [4.78, 5) is 112. The number of para-hydroxylation sites is 1. The summed E-state index contributed by atoms with van der Waals surface area (Å²) in [6.45, 7) is -1.20. The number of ether oxygens (including phenoxy) is 7. The van der Waals surface area contributed by atoms with Crippen molar-refractivity contribution in [3.63, 3.8) is 0 Å². The number of esters is 7. The SMILES string of the molecule is CCCCCOC(=O)COC(=O)c1ccccc1OC(=O)COC(=O)CC(=O)OCC(=O)Cc1ccccc1C(=O)OCC(=O)OCCCCO[N+](=O)[O-]. The zero-order chi connectivity index (χ0) is 39.7. The Bertz CT molecular complexity index is 1640. The molecular formula is C35H39NO18. The van der Waals surface area contributed by atoms with Gasteiger partial charge >= 0.3 is 41.8 Å². The van der Waals surface area contributed by atoms with Crippen LogP contribution in [0.4, 0.5) is 0 Å². The van der Waals surface area contributed by atoms with Gasteiger partial charge < -0.3 is 38.0 Å². The second-order valence-electron chi connectivity index (χ2n) is 10.9. The Kier molecular flexibility index (Phi) is 20.0. The van der Waals surface area contributed by atoms with E-state index in [0.717, 1.165) is 12.8 Å². The Morgan fingerprint density at radius 1 is 0.574 bits per heavy atom. The van der Waals surface area contributed by atoms with Crippen molar-refractivity contribution in [2.75, 3.05) is 46.2 Å². The van der Waals surface area contributed by atoms with Crippen LogP contribution in [0.1, 0.15) is 71.7 Å². The highest BCUT2D eigenvalue weighted by Crippen LogP contribution is 2.19. The van der Waals surface area contributed by atoms with Gasteiger partial charge in [-0.05, 0) is 43.0 Å². The fourth-order valence-corrected chi connectivity index (χ4v) is 4.09. The second kappa shape index (κ2) is 24.7. The van der Waals surface area contributed by atoms with Gasteiger partial charge in [0.25, 0.3) is 5.09 Å². The van der Waals surface area contributed by atoms with Crippen molar-refractivity contribution in [1.82, 2.24) is 0 Å². The van der Waals surface area contributed by atoms with E-state index in [2.05, 4.69) is 4.84 Å². The van der Waals surface area contributed by atoms with Gasteiger partial charge in [-0.2, -0.15) is 0 Å². The number of hydrogen-bond acceptors (Lipinski definition) is 18. The third kappa shape index (κ3) is 18.2. The summed E-state index contributed by atoms with van der Waals surface area (Å²) in [7, 11) is 0. The summed E-state index contributed by atoms with van der Waals surface area (Å²) < 4.78 is 34.3. The van der Waals surface area contributed by atoms with E-state index in [-0.39, 0.29) is 61.5 Å². The van der Waals surface area contributed by atoms with E-state index in [1.807, 2.05) is 6.92 Å². The lowest BCUT2D eigenvalue weighted by Crippen LogP contribution is -2.23. The quantitative estimate of drug-likeness (QED) is 0.0268. The van der Waals surface area contributed by atoms with Gasteiger partial charge in [-0.3, -0.25) is 14.4 Å². The lowest BCUT2D eigenvalue weighted by Gasteiger charge is -2.11. The van der Waals surface area contributed by atoms with E-state index in [1.54, 1.807) is 0 Å². The molecule has 19 nitrogen and oxygen atoms in total. The largest absolute Gasteiger partial charge is 0.463 e. The summed E-state index contributed by atoms with van der Waals surface area (Å²) in [5.74, 6) is -7.91. The van der Waals surface area contributed by atoms with Crippen molar-refractivity contribution < 1.29 is 81.4 Å². The van der Waals surface area contributed by atoms with Crippen LogP contribution in [0.2, 0.25) is 0 Å². The van der Waals surface area contributed by atoms with Gasteiger partial charge in [0.2, 0.25) is 0 Å². The Balaban J connectivity index is 1.73. The van der Waals surface area contributed by atoms with E-state index >= 15 is 0 Å². The average molecular weight is 762 g/mol. The number of carbonyl (C=O) groups excluding carboxylic acids is 8. The molecule has 0 aliphatic heterocycles. The first-order valence-electron chi connectivity index (χ1n) is 16.5. The van der Waals surface area contributed by atoms with Gasteiger partial charge in [-0.15, -0.1) is 10.1 Å². The molecule has 2 aromatic rings. The van der Waals surface area contributed by atoms with Crippen LogP contribution in [0.15, 0.2) is 48.5 Å². The van der Waals surface area contributed by atoms with Crippen molar-refractivity contribution in [2.24, 2.45) is 0 Å². The van der Waals surface area contributed by atoms with Gasteiger partial charge in [0, 0.05) is 6.42 Å². The first-order chi connectivity index (χ1) is 25.9. The zero-order valence-corrected chi connectivity index (χ0v) is 29.3. The number of nitrogens with zero attached hydrogens (tertiary/aromatic N) is 1. The molecule has 292 valence electrons. The molecular weight excluding hydrogens is 722 g/mol. The smallest absolute Gasteiger partial charge is 0.349 e. The summed E-state index contributed by atoms with van der Waals surface area (Å²) in [5.41, 5.74) is -0.0526. The first kappa shape index (κ1) is 43.8. The first-order valence-corrected chi connectivity index (χ1v) is 16.5. The van der Waals surface area contributed by atoms with Crippen molar-refractivity contribution in [2.45, 2.75) is 51.9 Å². The molecule has 0 aliphatic carbocycles. The number of hydrogen-bond donors (Lipinski definition) is 0. The highest BCUT2D eigenvalue weighted by atomic mass is 16.9. The number of carbonyl (C=O) groups is 8. The molecule has 0 amide bonds. The number of benzene rings is 2. The van der Waals surface area contributed by atoms with Crippen LogP contribution in [-0.4, -0.2) is 98.9 Å². The molecule has 0 aliphatic rings. The highest BCUT2D eigenvalue weighted by Gasteiger charge is 2.21. The van der Waals surface area contributed by atoms with E-state index in [0.29, 0.717) is 6.42 Å². The van der Waals surface area contributed by atoms with Crippen LogP contribution in [0.5, 0.6) is 5.75 Å². The standard InChI is InChI=1S/C35H39NO18/c1-2-3-8-15-47-32(41)22-52-35(44)27-13-6-7-14-28(27)54-33(42)23-50-30(39)19-29(38)49-20-25(37)18-24-11-4-5-12-26(24)34(43)51-21-31(40)48-16-9-10-17-53-36(45)46/h4-7,11-14H,2-3,8-10,15-23H2,1H3. The lowest BCUT2D eigenvalue weighted by atomic mass is 10.0. The molecule has 0 saturated heterocycles. The molecule has 0 bridgehead atoms. The summed E-state index contributed by atoms with van der Waals surface area (Å²) in [6.07, 6.45) is 1.65. The maximum absolute atomic E-state index is 12.5. The maximum Gasteiger partial charge on any atom is 0.349 e. The fourth-order valence-electron chi connectivity index (χ4n) is 4.09. The summed E-state index contributed by atoms with van der Waals surface area (Å²) in [6, 6.07) is 11.2. The second-order valence-corrected chi connectivity index (χ2v) is 10.9. The highest BCUT2D eigenvalue weighted by molar-refractivity contribution is 5.96. The third-order valence-electron chi connectivity index (χ3n) is 6.64. The van der Waals surface area contributed by atoms with Crippen molar-refractivity contribution in [3.8, 4) is 5.75 Å². The average Bonchev–Trinajstić information content (AvgIpc) is 3.14. The lowest BCUT2D eigenvalue weighted by molar-refractivity contribution is -0.757. The number of unbranched alkanes of at least 4 members (excludes halogenated alkanes) is 3. The van der Waals surface area contributed by atoms with Crippen molar-refractivity contribution in [1.29, 1.82) is 0 Å². The maximum atomic E-state index is 12.5. The van der Waals surface area contributed by atoms with Gasteiger partial charge in [0.05, 0.1) is 25.4 Å². The molecule has 0 heterocycles. The topological polar surface area (TPSA) is 254 Å². The molecule has 0 radical (unpaired) electrons. The molecule has 0 fully saturated rings. The monoisotopic (exact) mass is 761 g/mol. The minimum Gasteiger partial charge on any atom is -0.463 e.